The lowest BCUT2D eigenvalue weighted by atomic mass is 10.1. The molecule has 72 valence electrons. The Bertz CT molecular complexity index is 545. The summed E-state index contributed by atoms with van der Waals surface area (Å²) in [6.45, 7) is 5.72. The zero-order valence-electron chi connectivity index (χ0n) is 8.55. The number of benzene rings is 1. The first kappa shape index (κ1) is 9.00. The highest BCUT2D eigenvalue weighted by Crippen LogP contribution is 2.17. The summed E-state index contributed by atoms with van der Waals surface area (Å²) in [5, 5.41) is 0.696. The highest BCUT2D eigenvalue weighted by Gasteiger charge is 2.05. The van der Waals surface area contributed by atoms with Gasteiger partial charge in [-0.1, -0.05) is 6.07 Å². The summed E-state index contributed by atoms with van der Waals surface area (Å²) in [5.41, 5.74) is 2.83. The molecule has 2 heteroatoms. The van der Waals surface area contributed by atoms with Gasteiger partial charge >= 0.3 is 0 Å². The van der Waals surface area contributed by atoms with E-state index < -0.39 is 0 Å². The van der Waals surface area contributed by atoms with Crippen LogP contribution >= 0.6 is 0 Å². The van der Waals surface area contributed by atoms with E-state index in [-0.39, 0.29) is 5.43 Å². The average Bonchev–Trinajstić information content (AvgIpc) is 1.99. The average molecular weight is 188 g/mol. The summed E-state index contributed by atoms with van der Waals surface area (Å²) in [4.78, 5) is 11.7. The van der Waals surface area contributed by atoms with Crippen molar-refractivity contribution >= 4 is 11.0 Å². The Morgan fingerprint density at radius 2 is 1.79 bits per heavy atom. The molecule has 1 heterocycles. The Hall–Kier alpha value is -1.57. The molecule has 0 aliphatic rings. The molecule has 0 unspecified atom stereocenters. The Morgan fingerprint density at radius 3 is 2.50 bits per heavy atom. The van der Waals surface area contributed by atoms with Gasteiger partial charge in [0.1, 0.15) is 11.3 Å². The Morgan fingerprint density at radius 1 is 1.07 bits per heavy atom. The Balaban J connectivity index is 3.02. The van der Waals surface area contributed by atoms with Gasteiger partial charge in [-0.05, 0) is 38.0 Å². The molecule has 0 aliphatic heterocycles. The van der Waals surface area contributed by atoms with Gasteiger partial charge in [0.05, 0.1) is 5.39 Å². The summed E-state index contributed by atoms with van der Waals surface area (Å²) in [6.07, 6.45) is 0. The minimum atomic E-state index is 0.0428. The molecule has 0 N–H and O–H groups in total. The fraction of sp³-hybridized carbons (Fsp3) is 0.250. The molecule has 0 aliphatic carbocycles. The normalized spacial score (nSPS) is 10.8. The van der Waals surface area contributed by atoms with Crippen molar-refractivity contribution in [2.75, 3.05) is 0 Å². The molecule has 0 radical (unpaired) electrons. The van der Waals surface area contributed by atoms with Crippen LogP contribution in [0.3, 0.4) is 0 Å². The second-order valence-electron chi connectivity index (χ2n) is 3.68. The van der Waals surface area contributed by atoms with Gasteiger partial charge < -0.3 is 4.42 Å². The lowest BCUT2D eigenvalue weighted by Crippen LogP contribution is -2.02. The van der Waals surface area contributed by atoms with E-state index in [0.717, 1.165) is 11.1 Å². The monoisotopic (exact) mass is 188 g/mol. The number of rotatable bonds is 0. The van der Waals surface area contributed by atoms with Gasteiger partial charge in [0, 0.05) is 6.07 Å². The molecule has 14 heavy (non-hydrogen) atoms. The van der Waals surface area contributed by atoms with E-state index >= 15 is 0 Å². The molecule has 1 aromatic carbocycles. The van der Waals surface area contributed by atoms with Gasteiger partial charge in [-0.3, -0.25) is 4.79 Å². The van der Waals surface area contributed by atoms with Crippen LogP contribution in [0.1, 0.15) is 16.9 Å². The van der Waals surface area contributed by atoms with E-state index in [9.17, 15) is 4.79 Å². The van der Waals surface area contributed by atoms with Gasteiger partial charge in [-0.2, -0.15) is 0 Å². The smallest absolute Gasteiger partial charge is 0.193 e. The first-order valence-electron chi connectivity index (χ1n) is 4.59. The van der Waals surface area contributed by atoms with E-state index in [1.807, 2.05) is 26.0 Å². The third-order valence-electron chi connectivity index (χ3n) is 2.30. The second kappa shape index (κ2) is 2.98. The number of hydrogen-bond donors (Lipinski definition) is 0. The van der Waals surface area contributed by atoms with Crippen LogP contribution in [0, 0.1) is 20.8 Å². The fourth-order valence-corrected chi connectivity index (χ4v) is 1.78. The van der Waals surface area contributed by atoms with Crippen molar-refractivity contribution in [3.63, 3.8) is 0 Å². The van der Waals surface area contributed by atoms with Gasteiger partial charge in [0.25, 0.3) is 0 Å². The topological polar surface area (TPSA) is 30.2 Å². The minimum Gasteiger partial charge on any atom is -0.461 e. The molecule has 2 rings (SSSR count). The van der Waals surface area contributed by atoms with Crippen LogP contribution in [0.5, 0.6) is 0 Å². The number of aryl methyl sites for hydroxylation is 3. The number of hydrogen-bond acceptors (Lipinski definition) is 2. The minimum absolute atomic E-state index is 0.0428. The molecule has 1 aromatic heterocycles. The standard InChI is InChI=1S/C12H12O2/c1-7-4-8(2)12-10(13)6-9(3)14-11(12)5-7/h4-6H,1-3H3. The maximum Gasteiger partial charge on any atom is 0.193 e. The van der Waals surface area contributed by atoms with Crippen LogP contribution in [0.2, 0.25) is 0 Å². The lowest BCUT2D eigenvalue weighted by Gasteiger charge is -2.03. The summed E-state index contributed by atoms with van der Waals surface area (Å²) >= 11 is 0. The largest absolute Gasteiger partial charge is 0.461 e. The highest BCUT2D eigenvalue weighted by molar-refractivity contribution is 5.80. The van der Waals surface area contributed by atoms with E-state index in [4.69, 9.17) is 4.42 Å². The zero-order chi connectivity index (χ0) is 10.3. The summed E-state index contributed by atoms with van der Waals surface area (Å²) in [7, 11) is 0. The highest BCUT2D eigenvalue weighted by atomic mass is 16.3. The van der Waals surface area contributed by atoms with E-state index in [1.165, 1.54) is 6.07 Å². The summed E-state index contributed by atoms with van der Waals surface area (Å²) in [5.74, 6) is 0.660. The molecule has 0 amide bonds. The lowest BCUT2D eigenvalue weighted by molar-refractivity contribution is 0.564. The number of fused-ring (bicyclic) bond motifs is 1. The maximum atomic E-state index is 11.7. The van der Waals surface area contributed by atoms with Gasteiger partial charge in [0.2, 0.25) is 0 Å². The van der Waals surface area contributed by atoms with E-state index in [2.05, 4.69) is 0 Å². The van der Waals surface area contributed by atoms with Crippen LogP contribution < -0.4 is 5.43 Å². The van der Waals surface area contributed by atoms with Crippen LogP contribution in [-0.2, 0) is 0 Å². The third kappa shape index (κ3) is 1.33. The molecule has 0 atom stereocenters. The van der Waals surface area contributed by atoms with Gasteiger partial charge in [-0.15, -0.1) is 0 Å². The SMILES string of the molecule is Cc1cc(C)c2c(=O)cc(C)oc2c1. The fourth-order valence-electron chi connectivity index (χ4n) is 1.78. The molecule has 0 saturated carbocycles. The summed E-state index contributed by atoms with van der Waals surface area (Å²) < 4.78 is 5.50. The van der Waals surface area contributed by atoms with Crippen LogP contribution in [0.15, 0.2) is 27.4 Å². The zero-order valence-corrected chi connectivity index (χ0v) is 8.55. The van der Waals surface area contributed by atoms with Crippen molar-refractivity contribution in [3.05, 3.63) is 45.3 Å². The van der Waals surface area contributed by atoms with E-state index in [0.29, 0.717) is 16.7 Å². The molecule has 0 spiro atoms. The molecular weight excluding hydrogens is 176 g/mol. The second-order valence-corrected chi connectivity index (χ2v) is 3.68. The Labute approximate surface area is 82.2 Å². The first-order valence-corrected chi connectivity index (χ1v) is 4.59. The third-order valence-corrected chi connectivity index (χ3v) is 2.30. The van der Waals surface area contributed by atoms with E-state index in [1.54, 1.807) is 6.92 Å². The molecule has 0 fully saturated rings. The first-order chi connectivity index (χ1) is 6.58. The van der Waals surface area contributed by atoms with Crippen molar-refractivity contribution in [3.8, 4) is 0 Å². The van der Waals surface area contributed by atoms with Crippen LogP contribution in [0.25, 0.3) is 11.0 Å². The predicted octanol–water partition coefficient (Wildman–Crippen LogP) is 2.72. The van der Waals surface area contributed by atoms with Crippen LogP contribution in [0.4, 0.5) is 0 Å². The molecule has 0 bridgehead atoms. The van der Waals surface area contributed by atoms with Gasteiger partial charge in [-0.25, -0.2) is 0 Å². The van der Waals surface area contributed by atoms with Crippen molar-refractivity contribution in [2.45, 2.75) is 20.8 Å². The van der Waals surface area contributed by atoms with Crippen LogP contribution in [-0.4, -0.2) is 0 Å². The Kier molecular flexibility index (Phi) is 1.92. The summed E-state index contributed by atoms with van der Waals surface area (Å²) in [6, 6.07) is 5.43. The molecule has 2 aromatic rings. The quantitative estimate of drug-likeness (QED) is 0.636. The van der Waals surface area contributed by atoms with Crippen molar-refractivity contribution < 1.29 is 4.42 Å². The maximum absolute atomic E-state index is 11.7. The van der Waals surface area contributed by atoms with Crippen molar-refractivity contribution in [1.29, 1.82) is 0 Å². The van der Waals surface area contributed by atoms with Crippen molar-refractivity contribution in [1.82, 2.24) is 0 Å². The van der Waals surface area contributed by atoms with Crippen molar-refractivity contribution in [2.24, 2.45) is 0 Å². The van der Waals surface area contributed by atoms with Gasteiger partial charge in [0.15, 0.2) is 5.43 Å². The predicted molar refractivity (Wildman–Crippen MR) is 56.7 cm³/mol. The molecule has 0 saturated heterocycles. The molecular formula is C12H12O2. The molecule has 2 nitrogen and oxygen atoms in total.